The first-order valence-corrected chi connectivity index (χ1v) is 9.37. The molecular weight excluding hydrogens is 425 g/mol. The lowest BCUT2D eigenvalue weighted by molar-refractivity contribution is -0.192. The number of aromatic hydroxyl groups is 1. The van der Waals surface area contributed by atoms with Crippen molar-refractivity contribution in [3.05, 3.63) is 53.1 Å². The molecule has 0 amide bonds. The number of phenols is 1. The average Bonchev–Trinajstić information content (AvgIpc) is 2.71. The lowest BCUT2D eigenvalue weighted by Crippen LogP contribution is -2.45. The molecule has 30 heavy (non-hydrogen) atoms. The van der Waals surface area contributed by atoms with Gasteiger partial charge in [0.2, 0.25) is 0 Å². The fourth-order valence-corrected chi connectivity index (χ4v) is 3.07. The van der Waals surface area contributed by atoms with Crippen LogP contribution in [-0.2, 0) is 11.3 Å². The molecule has 0 atom stereocenters. The third-order valence-electron chi connectivity index (χ3n) is 4.49. The lowest BCUT2D eigenvalue weighted by Gasteiger charge is -2.36. The van der Waals surface area contributed by atoms with E-state index in [1.165, 1.54) is 5.69 Å². The highest BCUT2D eigenvalue weighted by Crippen LogP contribution is 2.25. The maximum atomic E-state index is 10.6. The Bertz CT molecular complexity index is 839. The molecule has 0 spiro atoms. The van der Waals surface area contributed by atoms with Crippen molar-refractivity contribution in [2.75, 3.05) is 38.2 Å². The maximum Gasteiger partial charge on any atom is 0.490 e. The van der Waals surface area contributed by atoms with E-state index in [-0.39, 0.29) is 0 Å². The summed E-state index contributed by atoms with van der Waals surface area (Å²) in [5, 5.41) is 17.7. The summed E-state index contributed by atoms with van der Waals surface area (Å²) in [5.41, 5.74) is 2.10. The summed E-state index contributed by atoms with van der Waals surface area (Å²) < 4.78 is 36.9. The van der Waals surface area contributed by atoms with E-state index >= 15 is 0 Å². The van der Waals surface area contributed by atoms with Crippen LogP contribution >= 0.6 is 11.6 Å². The van der Waals surface area contributed by atoms with E-state index in [0.29, 0.717) is 10.8 Å². The van der Waals surface area contributed by atoms with Gasteiger partial charge in [-0.1, -0.05) is 11.6 Å². The number of rotatable bonds is 4. The van der Waals surface area contributed by atoms with Crippen LogP contribution in [0.2, 0.25) is 5.02 Å². The van der Waals surface area contributed by atoms with Crippen LogP contribution in [0.5, 0.6) is 11.5 Å². The quantitative estimate of drug-likeness (QED) is 0.739. The molecule has 10 heteroatoms. The van der Waals surface area contributed by atoms with Gasteiger partial charge >= 0.3 is 12.1 Å². The van der Waals surface area contributed by atoms with Crippen molar-refractivity contribution in [3.8, 4) is 11.5 Å². The minimum absolute atomic E-state index is 0.312. The molecule has 0 aromatic heterocycles. The number of hydrogen-bond donors (Lipinski definition) is 2. The van der Waals surface area contributed by atoms with Gasteiger partial charge in [0.25, 0.3) is 0 Å². The zero-order chi connectivity index (χ0) is 22.3. The molecule has 1 fully saturated rings. The van der Waals surface area contributed by atoms with Gasteiger partial charge in [-0.25, -0.2) is 4.79 Å². The smallest absolute Gasteiger partial charge is 0.490 e. The number of carboxylic acid groups (broad SMARTS) is 1. The first-order valence-electron chi connectivity index (χ1n) is 8.99. The van der Waals surface area contributed by atoms with Gasteiger partial charge in [-0.2, -0.15) is 13.2 Å². The predicted octanol–water partition coefficient (Wildman–Crippen LogP) is 4.01. The number of benzene rings is 2. The van der Waals surface area contributed by atoms with E-state index < -0.39 is 12.1 Å². The van der Waals surface area contributed by atoms with Crippen molar-refractivity contribution in [1.29, 1.82) is 0 Å². The van der Waals surface area contributed by atoms with E-state index in [4.69, 9.17) is 26.2 Å². The van der Waals surface area contributed by atoms with Crippen molar-refractivity contribution in [2.24, 2.45) is 0 Å². The summed E-state index contributed by atoms with van der Waals surface area (Å²) in [6.07, 6.45) is -5.08. The average molecular weight is 447 g/mol. The van der Waals surface area contributed by atoms with E-state index in [1.807, 2.05) is 18.2 Å². The SMILES string of the molecule is COc1ccc(N2CCN(Cc3cc(Cl)ccc3O)CC2)cc1.O=C(O)C(F)(F)F. The summed E-state index contributed by atoms with van der Waals surface area (Å²) >= 11 is 6.01. The van der Waals surface area contributed by atoms with Crippen molar-refractivity contribution in [1.82, 2.24) is 4.90 Å². The molecule has 0 unspecified atom stereocenters. The Morgan fingerprint density at radius 3 is 2.17 bits per heavy atom. The van der Waals surface area contributed by atoms with Gasteiger partial charge in [-0.15, -0.1) is 0 Å². The zero-order valence-electron chi connectivity index (χ0n) is 16.2. The van der Waals surface area contributed by atoms with Gasteiger partial charge in [0.05, 0.1) is 7.11 Å². The van der Waals surface area contributed by atoms with E-state index in [2.05, 4.69) is 21.9 Å². The Labute approximate surface area is 177 Å². The third-order valence-corrected chi connectivity index (χ3v) is 4.72. The minimum Gasteiger partial charge on any atom is -0.508 e. The Morgan fingerprint density at radius 1 is 1.10 bits per heavy atom. The molecule has 0 radical (unpaired) electrons. The first kappa shape index (κ1) is 23.6. The molecule has 2 aromatic rings. The second-order valence-electron chi connectivity index (χ2n) is 6.54. The number of halogens is 4. The maximum absolute atomic E-state index is 10.6. The highest BCUT2D eigenvalue weighted by atomic mass is 35.5. The number of phenolic OH excluding ortho intramolecular Hbond substituents is 1. The van der Waals surface area contributed by atoms with Gasteiger partial charge in [-0.3, -0.25) is 4.90 Å². The van der Waals surface area contributed by atoms with Crippen LogP contribution in [0.1, 0.15) is 5.56 Å². The lowest BCUT2D eigenvalue weighted by atomic mass is 10.1. The number of piperazine rings is 1. The van der Waals surface area contributed by atoms with Crippen LogP contribution in [0.15, 0.2) is 42.5 Å². The number of alkyl halides is 3. The fourth-order valence-electron chi connectivity index (χ4n) is 2.88. The molecule has 2 N–H and O–H groups in total. The Hall–Kier alpha value is -2.65. The van der Waals surface area contributed by atoms with Crippen LogP contribution in [0.3, 0.4) is 0 Å². The number of anilines is 1. The molecule has 2 aromatic carbocycles. The van der Waals surface area contributed by atoms with Gasteiger partial charge < -0.3 is 19.8 Å². The zero-order valence-corrected chi connectivity index (χ0v) is 17.0. The first-order chi connectivity index (χ1) is 14.1. The summed E-state index contributed by atoms with van der Waals surface area (Å²) in [6, 6.07) is 13.4. The predicted molar refractivity (Wildman–Crippen MR) is 107 cm³/mol. The summed E-state index contributed by atoms with van der Waals surface area (Å²) in [7, 11) is 1.68. The summed E-state index contributed by atoms with van der Waals surface area (Å²) in [4.78, 5) is 13.6. The topological polar surface area (TPSA) is 73.2 Å². The highest BCUT2D eigenvalue weighted by Gasteiger charge is 2.38. The molecule has 0 saturated carbocycles. The monoisotopic (exact) mass is 446 g/mol. The number of carboxylic acids is 1. The molecule has 164 valence electrons. The molecule has 6 nitrogen and oxygen atoms in total. The molecule has 1 aliphatic heterocycles. The molecule has 1 heterocycles. The fraction of sp³-hybridized carbons (Fsp3) is 0.350. The third kappa shape index (κ3) is 7.00. The van der Waals surface area contributed by atoms with Crippen LogP contribution < -0.4 is 9.64 Å². The number of hydrogen-bond acceptors (Lipinski definition) is 5. The number of methoxy groups -OCH3 is 1. The Kier molecular flexibility index (Phi) is 8.19. The summed E-state index contributed by atoms with van der Waals surface area (Å²) in [6.45, 7) is 4.57. The van der Waals surface area contributed by atoms with Gasteiger partial charge in [-0.05, 0) is 42.5 Å². The Balaban J connectivity index is 0.000000396. The molecule has 1 saturated heterocycles. The highest BCUT2D eigenvalue weighted by molar-refractivity contribution is 6.30. The molecule has 3 rings (SSSR count). The molecule has 0 bridgehead atoms. The molecule has 0 aliphatic carbocycles. The second-order valence-corrected chi connectivity index (χ2v) is 6.97. The van der Waals surface area contributed by atoms with E-state index in [9.17, 15) is 18.3 Å². The standard InChI is InChI=1S/C18H21ClN2O2.C2HF3O2/c1-23-17-5-3-16(4-6-17)21-10-8-20(9-11-21)13-14-12-15(19)2-7-18(14)22;3-2(4,5)1(6)7/h2-7,12,22H,8-11,13H2,1H3;(H,6,7). The number of carbonyl (C=O) groups is 1. The van der Waals surface area contributed by atoms with Crippen LogP contribution in [0.4, 0.5) is 18.9 Å². The number of nitrogens with zero attached hydrogens (tertiary/aromatic N) is 2. The normalized spacial score (nSPS) is 14.6. The van der Waals surface area contributed by atoms with Crippen LogP contribution in [0.25, 0.3) is 0 Å². The summed E-state index contributed by atoms with van der Waals surface area (Å²) in [5.74, 6) is -1.57. The van der Waals surface area contributed by atoms with Crippen LogP contribution in [-0.4, -0.2) is 60.5 Å². The molecule has 1 aliphatic rings. The minimum atomic E-state index is -5.08. The van der Waals surface area contributed by atoms with Gasteiger partial charge in [0.1, 0.15) is 11.5 Å². The van der Waals surface area contributed by atoms with E-state index in [0.717, 1.165) is 44.0 Å². The number of aliphatic carboxylic acids is 1. The molecular formula is C20H22ClF3N2O4. The van der Waals surface area contributed by atoms with Gasteiger partial charge in [0.15, 0.2) is 0 Å². The van der Waals surface area contributed by atoms with Crippen molar-refractivity contribution in [3.63, 3.8) is 0 Å². The van der Waals surface area contributed by atoms with Crippen molar-refractivity contribution >= 4 is 23.3 Å². The number of ether oxygens (including phenoxy) is 1. The van der Waals surface area contributed by atoms with Crippen LogP contribution in [0, 0.1) is 0 Å². The van der Waals surface area contributed by atoms with E-state index in [1.54, 1.807) is 19.2 Å². The van der Waals surface area contributed by atoms with Crippen molar-refractivity contribution in [2.45, 2.75) is 12.7 Å². The van der Waals surface area contributed by atoms with Gasteiger partial charge in [0, 0.05) is 49.0 Å². The largest absolute Gasteiger partial charge is 0.508 e. The van der Waals surface area contributed by atoms with Crippen molar-refractivity contribution < 1.29 is 32.9 Å². The Morgan fingerprint density at radius 2 is 1.67 bits per heavy atom. The second kappa shape index (κ2) is 10.4.